The molecular weight excluding hydrogens is 619 g/mol. The summed E-state index contributed by atoms with van der Waals surface area (Å²) in [7, 11) is 0. The van der Waals surface area contributed by atoms with Gasteiger partial charge in [0, 0.05) is 39.5 Å². The quantitative estimate of drug-likeness (QED) is 0.0971. The van der Waals surface area contributed by atoms with Gasteiger partial charge in [0.2, 0.25) is 5.91 Å². The molecule has 11 heteroatoms. The average Bonchev–Trinajstić information content (AvgIpc) is 3.54. The number of hydrogen-bond donors (Lipinski definition) is 3. The topological polar surface area (TPSA) is 122 Å². The Kier molecular flexibility index (Phi) is 10.9. The molecule has 0 saturated carbocycles. The van der Waals surface area contributed by atoms with Crippen LogP contribution in [0.25, 0.3) is 17.3 Å². The van der Waals surface area contributed by atoms with E-state index in [2.05, 4.69) is 25.9 Å². The lowest BCUT2D eigenvalue weighted by Gasteiger charge is -2.13. The predicted molar refractivity (Wildman–Crippen MR) is 184 cm³/mol. The molecule has 2 aromatic heterocycles. The zero-order chi connectivity index (χ0) is 32.3. The minimum absolute atomic E-state index is 0.0562. The van der Waals surface area contributed by atoms with Crippen molar-refractivity contribution in [1.82, 2.24) is 15.3 Å². The average molecular weight is 650 g/mol. The van der Waals surface area contributed by atoms with E-state index >= 15 is 0 Å². The van der Waals surface area contributed by atoms with Crippen molar-refractivity contribution < 1.29 is 19.1 Å². The van der Waals surface area contributed by atoms with E-state index in [1.54, 1.807) is 80.0 Å². The highest BCUT2D eigenvalue weighted by molar-refractivity contribution is 8.00. The predicted octanol–water partition coefficient (Wildman–Crippen LogP) is 7.13. The Morgan fingerprint density at radius 3 is 2.50 bits per heavy atom. The van der Waals surface area contributed by atoms with E-state index < -0.39 is 17.1 Å². The van der Waals surface area contributed by atoms with Crippen LogP contribution in [0.2, 0.25) is 0 Å². The maximum absolute atomic E-state index is 13.4. The second kappa shape index (κ2) is 15.6. The second-order valence-electron chi connectivity index (χ2n) is 9.89. The molecule has 2 heterocycles. The Bertz CT molecular complexity index is 1830. The van der Waals surface area contributed by atoms with Gasteiger partial charge in [-0.15, -0.1) is 23.1 Å². The number of rotatable bonds is 12. The number of pyridine rings is 1. The van der Waals surface area contributed by atoms with Crippen LogP contribution in [0.3, 0.4) is 0 Å². The number of benzene rings is 3. The van der Waals surface area contributed by atoms with Crippen molar-refractivity contribution in [3.63, 3.8) is 0 Å². The summed E-state index contributed by atoms with van der Waals surface area (Å²) >= 11 is 2.70. The van der Waals surface area contributed by atoms with Crippen molar-refractivity contribution >= 4 is 57.7 Å². The van der Waals surface area contributed by atoms with E-state index in [-0.39, 0.29) is 11.6 Å². The zero-order valence-electron chi connectivity index (χ0n) is 25.1. The van der Waals surface area contributed by atoms with Gasteiger partial charge < -0.3 is 20.7 Å². The van der Waals surface area contributed by atoms with Crippen molar-refractivity contribution in [2.45, 2.75) is 24.0 Å². The summed E-state index contributed by atoms with van der Waals surface area (Å²) in [6.07, 6.45) is 4.79. The first-order valence-electron chi connectivity index (χ1n) is 14.4. The lowest BCUT2D eigenvalue weighted by molar-refractivity contribution is -0.115. The van der Waals surface area contributed by atoms with Crippen LogP contribution in [0, 0.1) is 0 Å². The summed E-state index contributed by atoms with van der Waals surface area (Å²) in [5, 5.41) is 10.4. The Morgan fingerprint density at radius 1 is 0.957 bits per heavy atom. The summed E-state index contributed by atoms with van der Waals surface area (Å²) in [6.45, 7) is 4.34. The van der Waals surface area contributed by atoms with Crippen LogP contribution in [-0.2, 0) is 9.59 Å². The molecule has 0 aliphatic rings. The lowest BCUT2D eigenvalue weighted by atomic mass is 10.2. The van der Waals surface area contributed by atoms with E-state index in [0.29, 0.717) is 28.6 Å². The summed E-state index contributed by atoms with van der Waals surface area (Å²) < 4.78 is 5.50. The van der Waals surface area contributed by atoms with E-state index in [0.717, 1.165) is 21.9 Å². The van der Waals surface area contributed by atoms with Crippen LogP contribution in [0.5, 0.6) is 5.75 Å². The molecule has 0 aliphatic carbocycles. The van der Waals surface area contributed by atoms with Crippen molar-refractivity contribution in [1.29, 1.82) is 0 Å². The SMILES string of the molecule is CCOc1ccc(-c2csc(NC(=O)C(C)Sc3cccc(NC(=O)/C(=C/c4cccnc4)NC(=O)c4ccccc4)c3)n2)cc1. The minimum atomic E-state index is -0.506. The normalized spacial score (nSPS) is 11.7. The largest absolute Gasteiger partial charge is 0.494 e. The van der Waals surface area contributed by atoms with E-state index in [1.165, 1.54) is 23.1 Å². The van der Waals surface area contributed by atoms with Crippen LogP contribution in [0.4, 0.5) is 10.8 Å². The number of anilines is 2. The van der Waals surface area contributed by atoms with Gasteiger partial charge in [-0.3, -0.25) is 19.4 Å². The highest BCUT2D eigenvalue weighted by Crippen LogP contribution is 2.29. The molecule has 1 atom stereocenters. The van der Waals surface area contributed by atoms with Gasteiger partial charge in [-0.25, -0.2) is 4.98 Å². The van der Waals surface area contributed by atoms with Gasteiger partial charge in [-0.2, -0.15) is 0 Å². The van der Waals surface area contributed by atoms with Gasteiger partial charge in [0.25, 0.3) is 11.8 Å². The molecule has 0 bridgehead atoms. The molecule has 5 rings (SSSR count). The van der Waals surface area contributed by atoms with Crippen LogP contribution in [0.1, 0.15) is 29.8 Å². The van der Waals surface area contributed by atoms with E-state index in [9.17, 15) is 14.4 Å². The monoisotopic (exact) mass is 649 g/mol. The van der Waals surface area contributed by atoms with Gasteiger partial charge in [-0.05, 0) is 86.2 Å². The van der Waals surface area contributed by atoms with Crippen LogP contribution >= 0.6 is 23.1 Å². The summed E-state index contributed by atoms with van der Waals surface area (Å²) in [6, 6.07) is 27.0. The smallest absolute Gasteiger partial charge is 0.272 e. The van der Waals surface area contributed by atoms with Crippen LogP contribution in [-0.4, -0.2) is 39.5 Å². The number of thioether (sulfide) groups is 1. The highest BCUT2D eigenvalue weighted by Gasteiger charge is 2.18. The van der Waals surface area contributed by atoms with E-state index in [4.69, 9.17) is 4.74 Å². The molecule has 5 aromatic rings. The fourth-order valence-electron chi connectivity index (χ4n) is 4.23. The van der Waals surface area contributed by atoms with E-state index in [1.807, 2.05) is 48.7 Å². The Morgan fingerprint density at radius 2 is 1.76 bits per heavy atom. The summed E-state index contributed by atoms with van der Waals surface area (Å²) in [4.78, 5) is 48.7. The number of carbonyl (C=O) groups excluding carboxylic acids is 3. The standard InChI is InChI=1S/C35H31N5O4S2/c1-3-44-28-16-14-25(15-17-28)31-22-45-35(39-31)40-32(41)23(2)46-29-13-7-12-27(20-29)37-34(43)30(19-24-9-8-18-36-21-24)38-33(42)26-10-5-4-6-11-26/h4-23H,3H2,1-2H3,(H,37,43)(H,38,42)(H,39,40,41)/b30-19-. The molecule has 0 spiro atoms. The number of amides is 3. The lowest BCUT2D eigenvalue weighted by Crippen LogP contribution is -2.30. The second-order valence-corrected chi connectivity index (χ2v) is 12.2. The number of nitrogens with zero attached hydrogens (tertiary/aromatic N) is 2. The number of carbonyl (C=O) groups is 3. The number of ether oxygens (including phenoxy) is 1. The molecule has 0 saturated heterocycles. The van der Waals surface area contributed by atoms with Gasteiger partial charge in [0.05, 0.1) is 17.6 Å². The number of thiazole rings is 1. The van der Waals surface area contributed by atoms with Gasteiger partial charge >= 0.3 is 0 Å². The summed E-state index contributed by atoms with van der Waals surface area (Å²) in [5.74, 6) is -0.326. The Hall–Kier alpha value is -5.26. The zero-order valence-corrected chi connectivity index (χ0v) is 26.7. The fraction of sp³-hybridized carbons (Fsp3) is 0.114. The first kappa shape index (κ1) is 32.1. The van der Waals surface area contributed by atoms with Crippen LogP contribution in [0.15, 0.2) is 119 Å². The molecule has 46 heavy (non-hydrogen) atoms. The van der Waals surface area contributed by atoms with Crippen molar-refractivity contribution in [3.05, 3.63) is 126 Å². The Labute approximate surface area is 275 Å². The first-order chi connectivity index (χ1) is 22.4. The highest BCUT2D eigenvalue weighted by atomic mass is 32.2. The molecule has 232 valence electrons. The van der Waals surface area contributed by atoms with Crippen molar-refractivity contribution in [3.8, 4) is 17.0 Å². The molecule has 0 aliphatic heterocycles. The van der Waals surface area contributed by atoms with Gasteiger partial charge in [0.1, 0.15) is 11.4 Å². The molecule has 3 aromatic carbocycles. The number of aromatic nitrogens is 2. The van der Waals surface area contributed by atoms with Gasteiger partial charge in [0.15, 0.2) is 5.13 Å². The molecule has 3 N–H and O–H groups in total. The maximum Gasteiger partial charge on any atom is 0.272 e. The minimum Gasteiger partial charge on any atom is -0.494 e. The third kappa shape index (κ3) is 8.90. The fourth-order valence-corrected chi connectivity index (χ4v) is 5.88. The Balaban J connectivity index is 1.22. The number of hydrogen-bond acceptors (Lipinski definition) is 8. The molecular formula is C35H31N5O4S2. The third-order valence-corrected chi connectivity index (χ3v) is 8.35. The van der Waals surface area contributed by atoms with Crippen molar-refractivity contribution in [2.75, 3.05) is 17.2 Å². The van der Waals surface area contributed by atoms with Crippen molar-refractivity contribution in [2.24, 2.45) is 0 Å². The van der Waals surface area contributed by atoms with Crippen LogP contribution < -0.4 is 20.7 Å². The summed E-state index contributed by atoms with van der Waals surface area (Å²) in [5.41, 5.74) is 3.33. The number of nitrogens with one attached hydrogen (secondary N) is 3. The molecule has 0 radical (unpaired) electrons. The molecule has 3 amide bonds. The third-order valence-electron chi connectivity index (χ3n) is 6.49. The molecule has 9 nitrogen and oxygen atoms in total. The van der Waals surface area contributed by atoms with Gasteiger partial charge in [-0.1, -0.05) is 30.3 Å². The maximum atomic E-state index is 13.4. The molecule has 1 unspecified atom stereocenters. The first-order valence-corrected chi connectivity index (χ1v) is 16.2. The molecule has 0 fully saturated rings.